The minimum absolute atomic E-state index is 0.226. The van der Waals surface area contributed by atoms with Crippen LogP contribution in [0, 0.1) is 0 Å². The molecule has 14 heavy (non-hydrogen) atoms. The van der Waals surface area contributed by atoms with Gasteiger partial charge in [0.2, 0.25) is 0 Å². The molecule has 76 valence electrons. The average molecular weight is 217 g/mol. The maximum atomic E-state index is 10.6. The Morgan fingerprint density at radius 3 is 2.64 bits per heavy atom. The minimum atomic E-state index is -4.16. The monoisotopic (exact) mass is 217 g/mol. The highest BCUT2D eigenvalue weighted by Crippen LogP contribution is 2.38. The molecule has 0 aliphatic carbocycles. The highest BCUT2D eigenvalue weighted by atomic mass is 31.2. The smallest absolute Gasteiger partial charge is 0.354 e. The lowest BCUT2D eigenvalue weighted by Gasteiger charge is -2.03. The first-order valence-electron chi connectivity index (χ1n) is 3.61. The number of nitrogens with zero attached hydrogens (tertiary/aromatic N) is 1. The molecule has 1 heterocycles. The van der Waals surface area contributed by atoms with Crippen molar-refractivity contribution in [1.82, 2.24) is 4.98 Å². The summed E-state index contributed by atoms with van der Waals surface area (Å²) in [7, 11) is -4.16. The van der Waals surface area contributed by atoms with Crippen LogP contribution >= 0.6 is 7.60 Å². The first-order chi connectivity index (χ1) is 6.38. The van der Waals surface area contributed by atoms with E-state index in [2.05, 4.69) is 4.98 Å². The van der Waals surface area contributed by atoms with E-state index in [1.807, 2.05) is 0 Å². The molecule has 0 bridgehead atoms. The molecule has 0 aliphatic rings. The predicted molar refractivity (Wildman–Crippen MR) is 46.9 cm³/mol. The summed E-state index contributed by atoms with van der Waals surface area (Å²) in [5, 5.41) is 8.55. The van der Waals surface area contributed by atoms with Crippen LogP contribution in [0.5, 0.6) is 0 Å². The van der Waals surface area contributed by atoms with Crippen molar-refractivity contribution in [2.24, 2.45) is 0 Å². The summed E-state index contributed by atoms with van der Waals surface area (Å²) in [5.41, 5.74) is 0.0293. The van der Waals surface area contributed by atoms with Crippen LogP contribution in [-0.2, 0) is 10.7 Å². The van der Waals surface area contributed by atoms with Crippen molar-refractivity contribution in [3.63, 3.8) is 0 Å². The third-order valence-electron chi connectivity index (χ3n) is 1.43. The highest BCUT2D eigenvalue weighted by Gasteiger charge is 2.15. The Balaban J connectivity index is 2.95. The topological polar surface area (TPSA) is 108 Å². The van der Waals surface area contributed by atoms with Gasteiger partial charge >= 0.3 is 13.6 Å². The summed E-state index contributed by atoms with van der Waals surface area (Å²) in [6, 6.07) is 2.51. The molecule has 0 saturated carbocycles. The summed E-state index contributed by atoms with van der Waals surface area (Å²) in [6.45, 7) is 0. The molecule has 3 N–H and O–H groups in total. The van der Waals surface area contributed by atoms with Gasteiger partial charge in [-0.1, -0.05) is 0 Å². The maximum Gasteiger partial charge on any atom is 0.354 e. The van der Waals surface area contributed by atoms with E-state index in [4.69, 9.17) is 14.9 Å². The molecule has 0 aliphatic heterocycles. The Morgan fingerprint density at radius 2 is 2.14 bits per heavy atom. The molecule has 7 heteroatoms. The van der Waals surface area contributed by atoms with E-state index >= 15 is 0 Å². The van der Waals surface area contributed by atoms with Gasteiger partial charge in [-0.05, 0) is 17.7 Å². The molecule has 1 aromatic heterocycles. The first-order valence-corrected chi connectivity index (χ1v) is 5.41. The molecule has 0 aromatic carbocycles. The minimum Gasteiger partial charge on any atom is -0.477 e. The largest absolute Gasteiger partial charge is 0.477 e. The van der Waals surface area contributed by atoms with Crippen molar-refractivity contribution in [2.75, 3.05) is 0 Å². The van der Waals surface area contributed by atoms with Crippen molar-refractivity contribution in [2.45, 2.75) is 6.16 Å². The fraction of sp³-hybridized carbons (Fsp3) is 0.143. The number of hydrogen-bond donors (Lipinski definition) is 3. The van der Waals surface area contributed by atoms with Gasteiger partial charge in [0.05, 0.1) is 6.16 Å². The van der Waals surface area contributed by atoms with Crippen LogP contribution < -0.4 is 0 Å². The predicted octanol–water partition coefficient (Wildman–Crippen LogP) is 0.457. The summed E-state index contributed by atoms with van der Waals surface area (Å²) in [6.07, 6.45) is 0.726. The van der Waals surface area contributed by atoms with Crippen LogP contribution in [0.25, 0.3) is 0 Å². The highest BCUT2D eigenvalue weighted by molar-refractivity contribution is 7.50. The van der Waals surface area contributed by atoms with Crippen molar-refractivity contribution in [3.8, 4) is 0 Å². The van der Waals surface area contributed by atoms with Crippen LogP contribution in [0.2, 0.25) is 0 Å². The summed E-state index contributed by atoms with van der Waals surface area (Å²) in [4.78, 5) is 31.3. The molecule has 1 aromatic rings. The number of carboxylic acids is 1. The molecule has 0 unspecified atom stereocenters. The maximum absolute atomic E-state index is 10.6. The summed E-state index contributed by atoms with van der Waals surface area (Å²) in [5.74, 6) is -1.22. The number of carbonyl (C=O) groups is 1. The molecule has 0 amide bonds. The molecule has 0 spiro atoms. The van der Waals surface area contributed by atoms with E-state index in [-0.39, 0.29) is 11.3 Å². The van der Waals surface area contributed by atoms with Crippen molar-refractivity contribution in [1.29, 1.82) is 0 Å². The van der Waals surface area contributed by atoms with Crippen LogP contribution in [0.15, 0.2) is 18.3 Å². The van der Waals surface area contributed by atoms with Gasteiger partial charge in [0.15, 0.2) is 0 Å². The van der Waals surface area contributed by atoms with Crippen LogP contribution in [-0.4, -0.2) is 25.8 Å². The second-order valence-electron chi connectivity index (χ2n) is 2.68. The fourth-order valence-corrected chi connectivity index (χ4v) is 1.60. The number of carboxylic acid groups (broad SMARTS) is 1. The van der Waals surface area contributed by atoms with Crippen LogP contribution in [0.4, 0.5) is 0 Å². The first kappa shape index (κ1) is 10.8. The molecule has 0 fully saturated rings. The lowest BCUT2D eigenvalue weighted by atomic mass is 10.2. The lowest BCUT2D eigenvalue weighted by Crippen LogP contribution is -2.00. The molecular weight excluding hydrogens is 209 g/mol. The molecule has 1 rings (SSSR count). The zero-order valence-corrected chi connectivity index (χ0v) is 7.89. The van der Waals surface area contributed by atoms with Crippen molar-refractivity contribution >= 4 is 13.6 Å². The lowest BCUT2D eigenvalue weighted by molar-refractivity contribution is 0.0690. The zero-order valence-electron chi connectivity index (χ0n) is 6.99. The van der Waals surface area contributed by atoms with E-state index in [0.717, 1.165) is 6.07 Å². The van der Waals surface area contributed by atoms with Gasteiger partial charge in [0, 0.05) is 6.20 Å². The molecule has 0 atom stereocenters. The summed E-state index contributed by atoms with van der Waals surface area (Å²) >= 11 is 0. The van der Waals surface area contributed by atoms with Crippen molar-refractivity contribution < 1.29 is 24.3 Å². The second-order valence-corrected chi connectivity index (χ2v) is 4.32. The zero-order chi connectivity index (χ0) is 10.8. The standard InChI is InChI=1S/C7H8NO5P/c9-7(10)6-3-5(1-2-8-6)4-14(11,12)13/h1-3H,4H2,(H,9,10)(H2,11,12,13). The normalized spacial score (nSPS) is 11.3. The van der Waals surface area contributed by atoms with Gasteiger partial charge in [0.25, 0.3) is 0 Å². The fourth-order valence-electron chi connectivity index (χ4n) is 0.927. The van der Waals surface area contributed by atoms with Gasteiger partial charge in [-0.25, -0.2) is 9.78 Å². The van der Waals surface area contributed by atoms with E-state index in [1.54, 1.807) is 0 Å². The van der Waals surface area contributed by atoms with Crippen LogP contribution in [0.3, 0.4) is 0 Å². The average Bonchev–Trinajstić information content (AvgIpc) is 2.01. The SMILES string of the molecule is O=C(O)c1cc(CP(=O)(O)O)ccn1. The van der Waals surface area contributed by atoms with Gasteiger partial charge in [-0.3, -0.25) is 4.57 Å². The van der Waals surface area contributed by atoms with Gasteiger partial charge < -0.3 is 14.9 Å². The van der Waals surface area contributed by atoms with E-state index in [9.17, 15) is 9.36 Å². The molecule has 0 saturated heterocycles. The number of pyridine rings is 1. The Bertz CT molecular complexity index is 399. The Kier molecular flexibility index (Phi) is 3.00. The quantitative estimate of drug-likeness (QED) is 0.634. The van der Waals surface area contributed by atoms with Gasteiger partial charge in [-0.2, -0.15) is 0 Å². The molecular formula is C7H8NO5P. The number of aromatic carboxylic acids is 1. The van der Waals surface area contributed by atoms with Crippen LogP contribution in [0.1, 0.15) is 16.1 Å². The van der Waals surface area contributed by atoms with Gasteiger partial charge in [-0.15, -0.1) is 0 Å². The third kappa shape index (κ3) is 3.26. The molecule has 0 radical (unpaired) electrons. The summed E-state index contributed by atoms with van der Waals surface area (Å²) < 4.78 is 10.6. The van der Waals surface area contributed by atoms with E-state index < -0.39 is 19.7 Å². The Labute approximate surface area is 79.4 Å². The second kappa shape index (κ2) is 3.88. The number of aromatic nitrogens is 1. The van der Waals surface area contributed by atoms with E-state index in [1.165, 1.54) is 12.3 Å². The van der Waals surface area contributed by atoms with E-state index in [0.29, 0.717) is 0 Å². The Morgan fingerprint density at radius 1 is 1.50 bits per heavy atom. The van der Waals surface area contributed by atoms with Crippen molar-refractivity contribution in [3.05, 3.63) is 29.6 Å². The third-order valence-corrected chi connectivity index (χ3v) is 2.21. The van der Waals surface area contributed by atoms with Gasteiger partial charge in [0.1, 0.15) is 5.69 Å². The Hall–Kier alpha value is -1.23. The number of rotatable bonds is 3. The number of hydrogen-bond acceptors (Lipinski definition) is 3. The molecule has 6 nitrogen and oxygen atoms in total.